The summed E-state index contributed by atoms with van der Waals surface area (Å²) < 4.78 is 0. The molecule has 17 heavy (non-hydrogen) atoms. The Morgan fingerprint density at radius 1 is 1.24 bits per heavy atom. The summed E-state index contributed by atoms with van der Waals surface area (Å²) in [6.45, 7) is 1.60. The molecular formula is C12H16N4O. The number of nitrogens with two attached hydrogens (primary N) is 1. The second-order valence-electron chi connectivity index (χ2n) is 4.74. The molecule has 2 aliphatic rings. The molecule has 0 aliphatic carbocycles. The van der Waals surface area contributed by atoms with E-state index in [2.05, 4.69) is 16.7 Å². The van der Waals surface area contributed by atoms with Gasteiger partial charge in [-0.1, -0.05) is 18.2 Å². The van der Waals surface area contributed by atoms with Gasteiger partial charge in [-0.3, -0.25) is 5.84 Å². The molecule has 3 rings (SSSR count). The van der Waals surface area contributed by atoms with Crippen LogP contribution in [0.1, 0.15) is 18.4 Å². The fourth-order valence-corrected chi connectivity index (χ4v) is 2.75. The monoisotopic (exact) mass is 232 g/mol. The highest BCUT2D eigenvalue weighted by Gasteiger charge is 2.41. The Kier molecular flexibility index (Phi) is 2.31. The zero-order valence-electron chi connectivity index (χ0n) is 9.57. The van der Waals surface area contributed by atoms with E-state index in [0.717, 1.165) is 31.6 Å². The van der Waals surface area contributed by atoms with Crippen molar-refractivity contribution in [1.29, 1.82) is 0 Å². The lowest BCUT2D eigenvalue weighted by Crippen LogP contribution is -2.57. The molecule has 1 aromatic carbocycles. The molecule has 1 fully saturated rings. The molecule has 4 N–H and O–H groups in total. The molecule has 0 radical (unpaired) electrons. The van der Waals surface area contributed by atoms with Gasteiger partial charge in [0.05, 0.1) is 5.54 Å². The van der Waals surface area contributed by atoms with E-state index >= 15 is 0 Å². The lowest BCUT2D eigenvalue weighted by Gasteiger charge is -2.44. The van der Waals surface area contributed by atoms with E-state index in [-0.39, 0.29) is 11.6 Å². The van der Waals surface area contributed by atoms with Gasteiger partial charge in [-0.15, -0.1) is 0 Å². The first-order valence-electron chi connectivity index (χ1n) is 5.88. The molecule has 2 amide bonds. The molecule has 1 aromatic rings. The molecule has 90 valence electrons. The molecule has 5 nitrogen and oxygen atoms in total. The van der Waals surface area contributed by atoms with Crippen molar-refractivity contribution < 1.29 is 4.79 Å². The van der Waals surface area contributed by atoms with Crippen molar-refractivity contribution in [2.75, 3.05) is 18.4 Å². The van der Waals surface area contributed by atoms with Gasteiger partial charge in [-0.2, -0.15) is 0 Å². The zero-order chi connectivity index (χ0) is 11.9. The maximum atomic E-state index is 11.7. The fourth-order valence-electron chi connectivity index (χ4n) is 2.75. The first-order valence-corrected chi connectivity index (χ1v) is 5.88. The summed E-state index contributed by atoms with van der Waals surface area (Å²) in [5.74, 6) is 5.78. The SMILES string of the molecule is NN1CCC2(CC1)NC(=O)Nc1ccccc12. The fraction of sp³-hybridized carbons (Fsp3) is 0.417. The van der Waals surface area contributed by atoms with Crippen LogP contribution >= 0.6 is 0 Å². The maximum Gasteiger partial charge on any atom is 0.319 e. The van der Waals surface area contributed by atoms with E-state index in [1.807, 2.05) is 23.2 Å². The van der Waals surface area contributed by atoms with E-state index in [0.29, 0.717) is 0 Å². The van der Waals surface area contributed by atoms with E-state index in [9.17, 15) is 4.79 Å². The highest BCUT2D eigenvalue weighted by Crippen LogP contribution is 2.38. The van der Waals surface area contributed by atoms with Crippen molar-refractivity contribution in [3.05, 3.63) is 29.8 Å². The third-order valence-corrected chi connectivity index (χ3v) is 3.70. The van der Waals surface area contributed by atoms with Gasteiger partial charge in [0.2, 0.25) is 0 Å². The molecular weight excluding hydrogens is 216 g/mol. The quantitative estimate of drug-likeness (QED) is 0.584. The second-order valence-corrected chi connectivity index (χ2v) is 4.74. The number of fused-ring (bicyclic) bond motifs is 2. The van der Waals surface area contributed by atoms with Gasteiger partial charge in [-0.05, 0) is 18.9 Å². The minimum absolute atomic E-state index is 0.117. The van der Waals surface area contributed by atoms with Crippen molar-refractivity contribution in [3.8, 4) is 0 Å². The highest BCUT2D eigenvalue weighted by molar-refractivity contribution is 5.93. The first-order chi connectivity index (χ1) is 8.20. The summed E-state index contributed by atoms with van der Waals surface area (Å²) in [4.78, 5) is 11.7. The van der Waals surface area contributed by atoms with Gasteiger partial charge in [-0.25, -0.2) is 9.80 Å². The van der Waals surface area contributed by atoms with Crippen LogP contribution < -0.4 is 16.5 Å². The number of urea groups is 1. The van der Waals surface area contributed by atoms with Gasteiger partial charge in [0, 0.05) is 24.3 Å². The van der Waals surface area contributed by atoms with Crippen LogP contribution in [0.2, 0.25) is 0 Å². The summed E-state index contributed by atoms with van der Waals surface area (Å²) in [6, 6.07) is 7.86. The topological polar surface area (TPSA) is 70.4 Å². The molecule has 0 bridgehead atoms. The Morgan fingerprint density at radius 3 is 2.71 bits per heavy atom. The summed E-state index contributed by atoms with van der Waals surface area (Å²) in [5.41, 5.74) is 1.85. The molecule has 5 heteroatoms. The Morgan fingerprint density at radius 2 is 1.94 bits per heavy atom. The summed E-state index contributed by atoms with van der Waals surface area (Å²) in [6.07, 6.45) is 1.71. The number of carbonyl (C=O) groups excluding carboxylic acids is 1. The van der Waals surface area contributed by atoms with Crippen LogP contribution in [0.5, 0.6) is 0 Å². The van der Waals surface area contributed by atoms with Crippen LogP contribution in [-0.2, 0) is 5.54 Å². The number of carbonyl (C=O) groups is 1. The van der Waals surface area contributed by atoms with Crippen molar-refractivity contribution >= 4 is 11.7 Å². The number of hydrazine groups is 1. The number of piperidine rings is 1. The zero-order valence-corrected chi connectivity index (χ0v) is 9.57. The van der Waals surface area contributed by atoms with Gasteiger partial charge < -0.3 is 10.6 Å². The molecule has 1 saturated heterocycles. The highest BCUT2D eigenvalue weighted by atomic mass is 16.2. The van der Waals surface area contributed by atoms with E-state index in [1.165, 1.54) is 5.56 Å². The number of nitrogens with zero attached hydrogens (tertiary/aromatic N) is 1. The third-order valence-electron chi connectivity index (χ3n) is 3.70. The predicted molar refractivity (Wildman–Crippen MR) is 65.3 cm³/mol. The van der Waals surface area contributed by atoms with Crippen molar-refractivity contribution in [1.82, 2.24) is 10.3 Å². The average Bonchev–Trinajstić information content (AvgIpc) is 2.33. The Labute approximate surface area is 99.9 Å². The van der Waals surface area contributed by atoms with Crippen molar-refractivity contribution in [3.63, 3.8) is 0 Å². The molecule has 0 unspecified atom stereocenters. The van der Waals surface area contributed by atoms with E-state index in [1.54, 1.807) is 0 Å². The summed E-state index contributed by atoms with van der Waals surface area (Å²) in [5, 5.41) is 7.73. The van der Waals surface area contributed by atoms with Gasteiger partial charge >= 0.3 is 6.03 Å². The number of amides is 2. The number of para-hydroxylation sites is 1. The van der Waals surface area contributed by atoms with Crippen LogP contribution in [0.15, 0.2) is 24.3 Å². The predicted octanol–water partition coefficient (Wildman–Crippen LogP) is 0.986. The van der Waals surface area contributed by atoms with Crippen molar-refractivity contribution in [2.45, 2.75) is 18.4 Å². The average molecular weight is 232 g/mol. The van der Waals surface area contributed by atoms with Crippen LogP contribution in [0.25, 0.3) is 0 Å². The van der Waals surface area contributed by atoms with E-state index in [4.69, 9.17) is 5.84 Å². The van der Waals surface area contributed by atoms with Crippen LogP contribution in [0.4, 0.5) is 10.5 Å². The van der Waals surface area contributed by atoms with Crippen LogP contribution in [0, 0.1) is 0 Å². The maximum absolute atomic E-state index is 11.7. The number of hydrogen-bond acceptors (Lipinski definition) is 3. The van der Waals surface area contributed by atoms with Gasteiger partial charge in [0.15, 0.2) is 0 Å². The van der Waals surface area contributed by atoms with Crippen LogP contribution in [0.3, 0.4) is 0 Å². The number of benzene rings is 1. The number of anilines is 1. The van der Waals surface area contributed by atoms with E-state index < -0.39 is 0 Å². The summed E-state index contributed by atoms with van der Waals surface area (Å²) >= 11 is 0. The minimum Gasteiger partial charge on any atom is -0.328 e. The largest absolute Gasteiger partial charge is 0.328 e. The first kappa shape index (κ1) is 10.6. The van der Waals surface area contributed by atoms with Gasteiger partial charge in [0.1, 0.15) is 0 Å². The third kappa shape index (κ3) is 1.67. The normalized spacial score (nSPS) is 22.8. The lowest BCUT2D eigenvalue weighted by molar-refractivity contribution is 0.138. The molecule has 2 aliphatic heterocycles. The molecule has 2 heterocycles. The number of hydrogen-bond donors (Lipinski definition) is 3. The standard InChI is InChI=1S/C12H16N4O/c13-16-7-5-12(6-8-16)9-3-1-2-4-10(9)14-11(17)15-12/h1-4H,5-8,13H2,(H2,14,15,17). The Balaban J connectivity index is 2.02. The minimum atomic E-state index is -0.241. The number of nitrogens with one attached hydrogen (secondary N) is 2. The molecule has 1 spiro atoms. The molecule has 0 saturated carbocycles. The smallest absolute Gasteiger partial charge is 0.319 e. The number of rotatable bonds is 0. The summed E-state index contributed by atoms with van der Waals surface area (Å²) in [7, 11) is 0. The lowest BCUT2D eigenvalue weighted by atomic mass is 9.79. The Hall–Kier alpha value is -1.59. The Bertz CT molecular complexity index is 452. The van der Waals surface area contributed by atoms with Gasteiger partial charge in [0.25, 0.3) is 0 Å². The molecule has 0 aromatic heterocycles. The second kappa shape index (κ2) is 3.72. The van der Waals surface area contributed by atoms with Crippen LogP contribution in [-0.4, -0.2) is 24.1 Å². The molecule has 0 atom stereocenters. The van der Waals surface area contributed by atoms with Crippen molar-refractivity contribution in [2.24, 2.45) is 5.84 Å².